The topological polar surface area (TPSA) is 55.4 Å². The van der Waals surface area contributed by atoms with Crippen LogP contribution in [0.1, 0.15) is 28.4 Å². The number of para-hydroxylation sites is 1. The monoisotopic (exact) mass is 379 g/mol. The average Bonchev–Trinajstić information content (AvgIpc) is 2.58. The average molecular weight is 379 g/mol. The number of amides is 1. The van der Waals surface area contributed by atoms with Crippen LogP contribution >= 0.6 is 11.8 Å². The Hall–Kier alpha value is -2.41. The van der Waals surface area contributed by atoms with E-state index in [4.69, 9.17) is 4.74 Å². The molecule has 2 aromatic carbocycles. The number of carbonyl (C=O) groups is 2. The maximum absolute atomic E-state index is 12.3. The van der Waals surface area contributed by atoms with Crippen molar-refractivity contribution in [3.63, 3.8) is 0 Å². The van der Waals surface area contributed by atoms with Gasteiger partial charge >= 0.3 is 5.97 Å². The van der Waals surface area contributed by atoms with Crippen LogP contribution in [-0.2, 0) is 9.53 Å². The Morgan fingerprint density at radius 3 is 2.15 bits per heavy atom. The number of hydrogen-bond acceptors (Lipinski definition) is 4. The fourth-order valence-corrected chi connectivity index (χ4v) is 2.79. The Bertz CT molecular complexity index is 774. The van der Waals surface area contributed by atoms with E-state index in [1.807, 2.05) is 32.0 Å². The molecule has 0 radical (unpaired) electrons. The molecule has 1 N–H and O–H groups in total. The molecule has 1 unspecified atom stereocenters. The van der Waals surface area contributed by atoms with E-state index < -0.39 is 23.7 Å². The minimum atomic E-state index is -2.53. The summed E-state index contributed by atoms with van der Waals surface area (Å²) in [7, 11) is 0. The standard InChI is InChI=1S/C19H19F2NO3S/c1-11-5-4-6-12(2)16(11)22-17(23)13(3)25-18(24)14-7-9-15(10-8-14)26-19(20)21/h4-10,13,19H,1-3H3,(H,22,23). The van der Waals surface area contributed by atoms with Gasteiger partial charge in [-0.05, 0) is 56.2 Å². The number of anilines is 1. The minimum Gasteiger partial charge on any atom is -0.449 e. The Labute approximate surface area is 154 Å². The van der Waals surface area contributed by atoms with Crippen molar-refractivity contribution in [1.82, 2.24) is 0 Å². The first-order chi connectivity index (χ1) is 12.3. The summed E-state index contributed by atoms with van der Waals surface area (Å²) >= 11 is 0.392. The van der Waals surface area contributed by atoms with E-state index in [1.165, 1.54) is 31.2 Å². The molecule has 0 heterocycles. The first-order valence-electron chi connectivity index (χ1n) is 7.91. The molecule has 0 saturated carbocycles. The lowest BCUT2D eigenvalue weighted by atomic mass is 10.1. The molecular weight excluding hydrogens is 360 g/mol. The van der Waals surface area contributed by atoms with Crippen molar-refractivity contribution in [2.75, 3.05) is 5.32 Å². The summed E-state index contributed by atoms with van der Waals surface area (Å²) in [5, 5.41) is 2.76. The second kappa shape index (κ2) is 8.80. The molecule has 1 amide bonds. The predicted molar refractivity (Wildman–Crippen MR) is 97.7 cm³/mol. The number of halogens is 2. The van der Waals surface area contributed by atoms with Gasteiger partial charge in [-0.3, -0.25) is 4.79 Å². The van der Waals surface area contributed by atoms with Gasteiger partial charge in [0, 0.05) is 10.6 Å². The van der Waals surface area contributed by atoms with Gasteiger partial charge in [0.05, 0.1) is 5.56 Å². The molecule has 1 atom stereocenters. The second-order valence-electron chi connectivity index (χ2n) is 5.71. The zero-order chi connectivity index (χ0) is 19.3. The highest BCUT2D eigenvalue weighted by Gasteiger charge is 2.20. The third-order valence-corrected chi connectivity index (χ3v) is 4.42. The van der Waals surface area contributed by atoms with Crippen molar-refractivity contribution in [3.05, 3.63) is 59.2 Å². The summed E-state index contributed by atoms with van der Waals surface area (Å²) < 4.78 is 29.8. The van der Waals surface area contributed by atoms with Gasteiger partial charge in [0.25, 0.3) is 11.7 Å². The van der Waals surface area contributed by atoms with E-state index in [9.17, 15) is 18.4 Å². The SMILES string of the molecule is Cc1cccc(C)c1NC(=O)C(C)OC(=O)c1ccc(SC(F)F)cc1. The van der Waals surface area contributed by atoms with Gasteiger partial charge in [-0.1, -0.05) is 30.0 Å². The molecule has 0 spiro atoms. The van der Waals surface area contributed by atoms with E-state index in [0.29, 0.717) is 22.3 Å². The van der Waals surface area contributed by atoms with Gasteiger partial charge < -0.3 is 10.1 Å². The quantitative estimate of drug-likeness (QED) is 0.578. The number of nitrogens with one attached hydrogen (secondary N) is 1. The molecule has 0 aromatic heterocycles. The third-order valence-electron chi connectivity index (χ3n) is 3.70. The summed E-state index contributed by atoms with van der Waals surface area (Å²) in [5.41, 5.74) is 2.69. The lowest BCUT2D eigenvalue weighted by Crippen LogP contribution is -2.30. The summed E-state index contributed by atoms with van der Waals surface area (Å²) in [6.07, 6.45) is -1.00. The smallest absolute Gasteiger partial charge is 0.338 e. The van der Waals surface area contributed by atoms with Gasteiger partial charge in [-0.25, -0.2) is 4.79 Å². The Balaban J connectivity index is 1.98. The minimum absolute atomic E-state index is 0.190. The molecule has 4 nitrogen and oxygen atoms in total. The molecule has 0 bridgehead atoms. The number of thioether (sulfide) groups is 1. The molecule has 0 aliphatic carbocycles. The van der Waals surface area contributed by atoms with E-state index in [2.05, 4.69) is 5.32 Å². The number of rotatable bonds is 6. The van der Waals surface area contributed by atoms with Crippen molar-refractivity contribution in [1.29, 1.82) is 0 Å². The van der Waals surface area contributed by atoms with Crippen LogP contribution in [-0.4, -0.2) is 23.7 Å². The van der Waals surface area contributed by atoms with Crippen molar-refractivity contribution in [3.8, 4) is 0 Å². The van der Waals surface area contributed by atoms with Gasteiger partial charge in [0.2, 0.25) is 0 Å². The Kier molecular flexibility index (Phi) is 6.74. The summed E-state index contributed by atoms with van der Waals surface area (Å²) in [5.74, 6) is -3.66. The van der Waals surface area contributed by atoms with E-state index in [-0.39, 0.29) is 5.56 Å². The molecule has 7 heteroatoms. The van der Waals surface area contributed by atoms with Crippen LogP contribution in [0.2, 0.25) is 0 Å². The molecule has 2 aromatic rings. The maximum Gasteiger partial charge on any atom is 0.338 e. The number of carbonyl (C=O) groups excluding carboxylic acids is 2. The fraction of sp³-hybridized carbons (Fsp3) is 0.263. The van der Waals surface area contributed by atoms with Crippen LogP contribution in [0, 0.1) is 13.8 Å². The van der Waals surface area contributed by atoms with Crippen molar-refractivity contribution >= 4 is 29.3 Å². The van der Waals surface area contributed by atoms with Crippen LogP contribution in [0.25, 0.3) is 0 Å². The lowest BCUT2D eigenvalue weighted by Gasteiger charge is -2.16. The lowest BCUT2D eigenvalue weighted by molar-refractivity contribution is -0.123. The fourth-order valence-electron chi connectivity index (χ4n) is 2.29. The summed E-state index contributed by atoms with van der Waals surface area (Å²) in [4.78, 5) is 24.8. The molecule has 0 saturated heterocycles. The third kappa shape index (κ3) is 5.29. The molecule has 138 valence electrons. The highest BCUT2D eigenvalue weighted by atomic mass is 32.2. The first-order valence-corrected chi connectivity index (χ1v) is 8.79. The highest BCUT2D eigenvalue weighted by Crippen LogP contribution is 2.25. The Morgan fingerprint density at radius 2 is 1.62 bits per heavy atom. The molecule has 2 rings (SSSR count). The molecular formula is C19H19F2NO3S. The molecule has 0 aliphatic rings. The van der Waals surface area contributed by atoms with Crippen LogP contribution in [0.3, 0.4) is 0 Å². The van der Waals surface area contributed by atoms with Gasteiger partial charge in [0.15, 0.2) is 6.10 Å². The largest absolute Gasteiger partial charge is 0.449 e. The predicted octanol–water partition coefficient (Wildman–Crippen LogP) is 4.80. The summed E-state index contributed by atoms with van der Waals surface area (Å²) in [6.45, 7) is 5.22. The van der Waals surface area contributed by atoms with Crippen LogP contribution < -0.4 is 5.32 Å². The van der Waals surface area contributed by atoms with Crippen LogP contribution in [0.5, 0.6) is 0 Å². The number of esters is 1. The van der Waals surface area contributed by atoms with Crippen molar-refractivity contribution < 1.29 is 23.1 Å². The maximum atomic E-state index is 12.3. The van der Waals surface area contributed by atoms with E-state index in [1.54, 1.807) is 0 Å². The van der Waals surface area contributed by atoms with Gasteiger partial charge in [-0.15, -0.1) is 0 Å². The number of aryl methyl sites for hydroxylation is 2. The first kappa shape index (κ1) is 19.9. The number of ether oxygens (including phenoxy) is 1. The number of hydrogen-bond donors (Lipinski definition) is 1. The zero-order valence-electron chi connectivity index (χ0n) is 14.6. The van der Waals surface area contributed by atoms with Gasteiger partial charge in [-0.2, -0.15) is 8.78 Å². The second-order valence-corrected chi connectivity index (χ2v) is 6.77. The highest BCUT2D eigenvalue weighted by molar-refractivity contribution is 7.99. The molecule has 0 aliphatic heterocycles. The van der Waals surface area contributed by atoms with Crippen molar-refractivity contribution in [2.45, 2.75) is 37.5 Å². The Morgan fingerprint density at radius 1 is 1.04 bits per heavy atom. The summed E-state index contributed by atoms with van der Waals surface area (Å²) in [6, 6.07) is 11.2. The van der Waals surface area contributed by atoms with Gasteiger partial charge in [0.1, 0.15) is 0 Å². The zero-order valence-corrected chi connectivity index (χ0v) is 15.4. The van der Waals surface area contributed by atoms with E-state index >= 15 is 0 Å². The molecule has 0 fully saturated rings. The van der Waals surface area contributed by atoms with Crippen LogP contribution in [0.4, 0.5) is 14.5 Å². The number of benzene rings is 2. The number of alkyl halides is 2. The van der Waals surface area contributed by atoms with Crippen LogP contribution in [0.15, 0.2) is 47.4 Å². The molecule has 26 heavy (non-hydrogen) atoms. The van der Waals surface area contributed by atoms with Crippen molar-refractivity contribution in [2.24, 2.45) is 0 Å². The normalized spacial score (nSPS) is 11.9. The van der Waals surface area contributed by atoms with E-state index in [0.717, 1.165) is 11.1 Å².